The van der Waals surface area contributed by atoms with Crippen molar-refractivity contribution in [3.63, 3.8) is 0 Å². The molecule has 2 rings (SSSR count). The quantitative estimate of drug-likeness (QED) is 0.928. The highest BCUT2D eigenvalue weighted by atomic mass is 79.9. The molecule has 18 heavy (non-hydrogen) atoms. The van der Waals surface area contributed by atoms with Crippen molar-refractivity contribution in [3.05, 3.63) is 22.2 Å². The molecule has 4 heteroatoms. The zero-order chi connectivity index (χ0) is 13.2. The van der Waals surface area contributed by atoms with E-state index in [1.807, 2.05) is 6.07 Å². The molecule has 0 atom stereocenters. The predicted octanol–water partition coefficient (Wildman–Crippen LogP) is 3.24. The maximum atomic E-state index is 6.05. The molecular formula is C14H20BrNO2. The summed E-state index contributed by atoms with van der Waals surface area (Å²) in [6.07, 6.45) is 4.71. The lowest BCUT2D eigenvalue weighted by Crippen LogP contribution is -2.32. The van der Waals surface area contributed by atoms with Crippen LogP contribution in [0.2, 0.25) is 0 Å². The van der Waals surface area contributed by atoms with Gasteiger partial charge in [-0.25, -0.2) is 0 Å². The van der Waals surface area contributed by atoms with Crippen molar-refractivity contribution in [2.24, 2.45) is 5.73 Å². The highest BCUT2D eigenvalue weighted by molar-refractivity contribution is 9.10. The summed E-state index contributed by atoms with van der Waals surface area (Å²) in [5, 5.41) is 0. The number of ether oxygens (including phenoxy) is 2. The van der Waals surface area contributed by atoms with Gasteiger partial charge in [0.05, 0.1) is 14.2 Å². The van der Waals surface area contributed by atoms with Crippen LogP contribution in [0.3, 0.4) is 0 Å². The average Bonchev–Trinajstić information content (AvgIpc) is 2.87. The molecule has 1 aliphatic rings. The molecule has 0 unspecified atom stereocenters. The molecular weight excluding hydrogens is 294 g/mol. The standard InChI is InChI=1S/C14H20BrNO2/c1-17-12-8-10(15)7-11(13(12)18-2)14(9-16)5-3-4-6-14/h7-8H,3-6,9,16H2,1-2H3. The van der Waals surface area contributed by atoms with Gasteiger partial charge in [0.15, 0.2) is 11.5 Å². The lowest BCUT2D eigenvalue weighted by Gasteiger charge is -2.30. The summed E-state index contributed by atoms with van der Waals surface area (Å²) in [4.78, 5) is 0. The van der Waals surface area contributed by atoms with E-state index in [1.165, 1.54) is 18.4 Å². The van der Waals surface area contributed by atoms with E-state index < -0.39 is 0 Å². The Balaban J connectivity index is 2.57. The van der Waals surface area contributed by atoms with Gasteiger partial charge in [-0.1, -0.05) is 28.8 Å². The Hall–Kier alpha value is -0.740. The van der Waals surface area contributed by atoms with Gasteiger partial charge < -0.3 is 15.2 Å². The normalized spacial score (nSPS) is 17.8. The van der Waals surface area contributed by atoms with Crippen LogP contribution in [0.5, 0.6) is 11.5 Å². The molecule has 0 heterocycles. The van der Waals surface area contributed by atoms with Crippen molar-refractivity contribution >= 4 is 15.9 Å². The average molecular weight is 314 g/mol. The fourth-order valence-corrected chi connectivity index (χ4v) is 3.40. The van der Waals surface area contributed by atoms with Crippen LogP contribution >= 0.6 is 15.9 Å². The molecule has 0 bridgehead atoms. The van der Waals surface area contributed by atoms with Crippen molar-refractivity contribution in [2.45, 2.75) is 31.1 Å². The molecule has 0 aromatic heterocycles. The van der Waals surface area contributed by atoms with E-state index in [1.54, 1.807) is 14.2 Å². The first-order valence-electron chi connectivity index (χ1n) is 6.29. The molecule has 3 nitrogen and oxygen atoms in total. The van der Waals surface area contributed by atoms with Crippen LogP contribution in [-0.2, 0) is 5.41 Å². The Morgan fingerprint density at radius 2 is 1.89 bits per heavy atom. The minimum atomic E-state index is 0.0441. The van der Waals surface area contributed by atoms with Crippen molar-refractivity contribution in [1.29, 1.82) is 0 Å². The zero-order valence-corrected chi connectivity index (χ0v) is 12.5. The van der Waals surface area contributed by atoms with Gasteiger partial charge in [0.2, 0.25) is 0 Å². The van der Waals surface area contributed by atoms with Crippen LogP contribution in [0.15, 0.2) is 16.6 Å². The largest absolute Gasteiger partial charge is 0.493 e. The van der Waals surface area contributed by atoms with Gasteiger partial charge in [-0.05, 0) is 25.0 Å². The van der Waals surface area contributed by atoms with Gasteiger partial charge in [0, 0.05) is 22.0 Å². The monoisotopic (exact) mass is 313 g/mol. The zero-order valence-electron chi connectivity index (χ0n) is 11.0. The molecule has 2 N–H and O–H groups in total. The molecule has 0 radical (unpaired) electrons. The Bertz CT molecular complexity index is 428. The first kappa shape index (κ1) is 13.7. The minimum Gasteiger partial charge on any atom is -0.493 e. The summed E-state index contributed by atoms with van der Waals surface area (Å²) < 4.78 is 12.0. The van der Waals surface area contributed by atoms with Gasteiger partial charge in [-0.15, -0.1) is 0 Å². The first-order chi connectivity index (χ1) is 8.66. The van der Waals surface area contributed by atoms with Gasteiger partial charge in [0.1, 0.15) is 0 Å². The smallest absolute Gasteiger partial charge is 0.164 e. The summed E-state index contributed by atoms with van der Waals surface area (Å²) in [6.45, 7) is 0.656. The number of rotatable bonds is 4. The van der Waals surface area contributed by atoms with Crippen molar-refractivity contribution in [2.75, 3.05) is 20.8 Å². The number of nitrogens with two attached hydrogens (primary N) is 1. The van der Waals surface area contributed by atoms with Gasteiger partial charge >= 0.3 is 0 Å². The molecule has 0 spiro atoms. The predicted molar refractivity (Wildman–Crippen MR) is 76.4 cm³/mol. The van der Waals surface area contributed by atoms with E-state index in [0.29, 0.717) is 6.54 Å². The van der Waals surface area contributed by atoms with E-state index in [4.69, 9.17) is 15.2 Å². The van der Waals surface area contributed by atoms with Crippen LogP contribution in [0, 0.1) is 0 Å². The molecule has 1 aliphatic carbocycles. The number of hydrogen-bond acceptors (Lipinski definition) is 3. The topological polar surface area (TPSA) is 44.5 Å². The molecule has 0 aliphatic heterocycles. The fourth-order valence-electron chi connectivity index (χ4n) is 2.96. The van der Waals surface area contributed by atoms with Crippen LogP contribution in [0.1, 0.15) is 31.2 Å². The second kappa shape index (κ2) is 5.49. The van der Waals surface area contributed by atoms with Crippen LogP contribution in [-0.4, -0.2) is 20.8 Å². The van der Waals surface area contributed by atoms with Crippen LogP contribution < -0.4 is 15.2 Å². The van der Waals surface area contributed by atoms with Gasteiger partial charge in [-0.2, -0.15) is 0 Å². The Labute approximate surface area is 117 Å². The van der Waals surface area contributed by atoms with Crippen LogP contribution in [0.4, 0.5) is 0 Å². The van der Waals surface area contributed by atoms with Crippen LogP contribution in [0.25, 0.3) is 0 Å². The lowest BCUT2D eigenvalue weighted by atomic mass is 9.78. The summed E-state index contributed by atoms with van der Waals surface area (Å²) in [7, 11) is 3.35. The second-order valence-electron chi connectivity index (χ2n) is 4.88. The van der Waals surface area contributed by atoms with Gasteiger partial charge in [-0.3, -0.25) is 0 Å². The Morgan fingerprint density at radius 1 is 1.22 bits per heavy atom. The third kappa shape index (κ3) is 2.24. The summed E-state index contributed by atoms with van der Waals surface area (Å²) in [5.74, 6) is 1.59. The summed E-state index contributed by atoms with van der Waals surface area (Å²) in [5.41, 5.74) is 7.28. The highest BCUT2D eigenvalue weighted by Gasteiger charge is 2.37. The van der Waals surface area contributed by atoms with E-state index in [-0.39, 0.29) is 5.41 Å². The number of halogens is 1. The maximum Gasteiger partial charge on any atom is 0.164 e. The van der Waals surface area contributed by atoms with Crippen molar-refractivity contribution in [1.82, 2.24) is 0 Å². The van der Waals surface area contributed by atoms with Crippen molar-refractivity contribution in [3.8, 4) is 11.5 Å². The number of methoxy groups -OCH3 is 2. The summed E-state index contributed by atoms with van der Waals surface area (Å²) >= 11 is 3.54. The minimum absolute atomic E-state index is 0.0441. The molecule has 1 fully saturated rings. The summed E-state index contributed by atoms with van der Waals surface area (Å²) in [6, 6.07) is 4.06. The second-order valence-corrected chi connectivity index (χ2v) is 5.80. The highest BCUT2D eigenvalue weighted by Crippen LogP contribution is 2.48. The van der Waals surface area contributed by atoms with Gasteiger partial charge in [0.25, 0.3) is 0 Å². The Kier molecular flexibility index (Phi) is 4.17. The molecule has 0 amide bonds. The third-order valence-electron chi connectivity index (χ3n) is 3.97. The van der Waals surface area contributed by atoms with E-state index in [9.17, 15) is 0 Å². The number of hydrogen-bond donors (Lipinski definition) is 1. The first-order valence-corrected chi connectivity index (χ1v) is 7.08. The SMILES string of the molecule is COc1cc(Br)cc(C2(CN)CCCC2)c1OC. The molecule has 1 saturated carbocycles. The van der Waals surface area contributed by atoms with E-state index in [0.717, 1.165) is 28.8 Å². The molecule has 1 aromatic carbocycles. The van der Waals surface area contributed by atoms with E-state index >= 15 is 0 Å². The molecule has 100 valence electrons. The van der Waals surface area contributed by atoms with E-state index in [2.05, 4.69) is 22.0 Å². The third-order valence-corrected chi connectivity index (χ3v) is 4.42. The number of benzene rings is 1. The van der Waals surface area contributed by atoms with Crippen molar-refractivity contribution < 1.29 is 9.47 Å². The Morgan fingerprint density at radius 3 is 2.39 bits per heavy atom. The fraction of sp³-hybridized carbons (Fsp3) is 0.571. The maximum absolute atomic E-state index is 6.05. The molecule has 1 aromatic rings. The molecule has 0 saturated heterocycles. The lowest BCUT2D eigenvalue weighted by molar-refractivity contribution is 0.336.